The molecule has 0 atom stereocenters. The molecule has 0 saturated heterocycles. The van der Waals surface area contributed by atoms with Crippen molar-refractivity contribution in [3.05, 3.63) is 30.0 Å². The molecule has 0 spiro atoms. The molecule has 1 heterocycles. The molecule has 0 aliphatic heterocycles. The van der Waals surface area contributed by atoms with Gasteiger partial charge in [-0.3, -0.25) is 0 Å². The molecular formula is C15H22N4O. The van der Waals surface area contributed by atoms with Gasteiger partial charge in [-0.25, -0.2) is 4.68 Å². The van der Waals surface area contributed by atoms with Crippen molar-refractivity contribution in [2.75, 3.05) is 24.7 Å². The van der Waals surface area contributed by atoms with Gasteiger partial charge in [0, 0.05) is 32.9 Å². The molecule has 20 heavy (non-hydrogen) atoms. The summed E-state index contributed by atoms with van der Waals surface area (Å²) < 4.78 is 7.60. The van der Waals surface area contributed by atoms with Gasteiger partial charge >= 0.3 is 0 Å². The highest BCUT2D eigenvalue weighted by atomic mass is 16.5. The Bertz CT molecular complexity index is 602. The van der Waals surface area contributed by atoms with Crippen molar-refractivity contribution in [1.29, 1.82) is 0 Å². The zero-order chi connectivity index (χ0) is 14.9. The van der Waals surface area contributed by atoms with E-state index in [0.717, 1.165) is 17.1 Å². The summed E-state index contributed by atoms with van der Waals surface area (Å²) in [6, 6.07) is 7.87. The molecule has 1 aromatic carbocycles. The maximum atomic E-state index is 6.13. The molecule has 1 aromatic heterocycles. The van der Waals surface area contributed by atoms with Crippen molar-refractivity contribution >= 4 is 11.4 Å². The van der Waals surface area contributed by atoms with Crippen LogP contribution in [0.4, 0.5) is 11.4 Å². The van der Waals surface area contributed by atoms with Gasteiger partial charge in [-0.2, -0.15) is 5.10 Å². The first-order valence-electron chi connectivity index (χ1n) is 6.67. The van der Waals surface area contributed by atoms with Gasteiger partial charge in [0.1, 0.15) is 11.4 Å². The van der Waals surface area contributed by atoms with Crippen LogP contribution >= 0.6 is 0 Å². The standard InChI is InChI=1S/C15H22N4O/c1-10(2)14-13(16)15(19(5)17-14)20-12-8-6-7-11(9-12)18(3)4/h6-10H,16H2,1-5H3. The predicted octanol–water partition coefficient (Wildman–Crippen LogP) is 2.98. The van der Waals surface area contributed by atoms with E-state index in [2.05, 4.69) is 18.9 Å². The minimum absolute atomic E-state index is 0.270. The van der Waals surface area contributed by atoms with Crippen LogP contribution in [-0.2, 0) is 7.05 Å². The fraction of sp³-hybridized carbons (Fsp3) is 0.400. The molecule has 108 valence electrons. The van der Waals surface area contributed by atoms with Crippen LogP contribution < -0.4 is 15.4 Å². The third-order valence-electron chi connectivity index (χ3n) is 3.15. The fourth-order valence-corrected chi connectivity index (χ4v) is 2.03. The van der Waals surface area contributed by atoms with Crippen molar-refractivity contribution in [3.8, 4) is 11.6 Å². The lowest BCUT2D eigenvalue weighted by atomic mass is 10.1. The van der Waals surface area contributed by atoms with Gasteiger partial charge < -0.3 is 15.4 Å². The number of rotatable bonds is 4. The number of nitrogen functional groups attached to an aromatic ring is 1. The maximum absolute atomic E-state index is 6.13. The number of nitrogens with two attached hydrogens (primary N) is 1. The summed E-state index contributed by atoms with van der Waals surface area (Å²) in [5.74, 6) is 1.61. The molecule has 0 bridgehead atoms. The van der Waals surface area contributed by atoms with E-state index in [4.69, 9.17) is 10.5 Å². The molecule has 5 heteroatoms. The Labute approximate surface area is 119 Å². The molecule has 0 unspecified atom stereocenters. The number of ether oxygens (including phenoxy) is 1. The molecule has 0 aliphatic rings. The lowest BCUT2D eigenvalue weighted by Gasteiger charge is -2.14. The van der Waals surface area contributed by atoms with E-state index in [-0.39, 0.29) is 5.92 Å². The van der Waals surface area contributed by atoms with Crippen LogP contribution in [-0.4, -0.2) is 23.9 Å². The first kappa shape index (κ1) is 14.2. The number of anilines is 2. The third kappa shape index (κ3) is 2.71. The molecule has 0 fully saturated rings. The molecule has 0 aliphatic carbocycles. The van der Waals surface area contributed by atoms with Gasteiger partial charge in [0.05, 0.1) is 5.69 Å². The molecule has 2 rings (SSSR count). The Hall–Kier alpha value is -2.17. The maximum Gasteiger partial charge on any atom is 0.241 e. The minimum atomic E-state index is 0.270. The first-order chi connectivity index (χ1) is 9.40. The number of aryl methyl sites for hydroxylation is 1. The molecule has 5 nitrogen and oxygen atoms in total. The first-order valence-corrected chi connectivity index (χ1v) is 6.67. The van der Waals surface area contributed by atoms with Crippen molar-refractivity contribution in [2.45, 2.75) is 19.8 Å². The monoisotopic (exact) mass is 274 g/mol. The summed E-state index contributed by atoms with van der Waals surface area (Å²) in [6.45, 7) is 4.13. The van der Waals surface area contributed by atoms with Gasteiger partial charge in [0.2, 0.25) is 5.88 Å². The molecule has 2 aromatic rings. The van der Waals surface area contributed by atoms with Crippen LogP contribution in [0, 0.1) is 0 Å². The van der Waals surface area contributed by atoms with E-state index in [1.807, 2.05) is 50.3 Å². The van der Waals surface area contributed by atoms with E-state index in [9.17, 15) is 0 Å². The largest absolute Gasteiger partial charge is 0.437 e. The summed E-state index contributed by atoms with van der Waals surface area (Å²) in [5.41, 5.74) is 8.68. The van der Waals surface area contributed by atoms with Crippen LogP contribution in [0.2, 0.25) is 0 Å². The Morgan fingerprint density at radius 2 is 2.00 bits per heavy atom. The van der Waals surface area contributed by atoms with E-state index < -0.39 is 0 Å². The number of hydrogen-bond donors (Lipinski definition) is 1. The summed E-state index contributed by atoms with van der Waals surface area (Å²) in [6.07, 6.45) is 0. The molecule has 0 radical (unpaired) electrons. The van der Waals surface area contributed by atoms with Crippen molar-refractivity contribution < 1.29 is 4.74 Å². The second-order valence-electron chi connectivity index (χ2n) is 5.38. The average Bonchev–Trinajstić information content (AvgIpc) is 2.67. The van der Waals surface area contributed by atoms with Crippen molar-refractivity contribution in [3.63, 3.8) is 0 Å². The summed E-state index contributed by atoms with van der Waals surface area (Å²) in [5, 5.41) is 4.42. The van der Waals surface area contributed by atoms with Crippen LogP contribution in [0.15, 0.2) is 24.3 Å². The third-order valence-corrected chi connectivity index (χ3v) is 3.15. The average molecular weight is 274 g/mol. The van der Waals surface area contributed by atoms with Crippen LogP contribution in [0.3, 0.4) is 0 Å². The Balaban J connectivity index is 2.33. The van der Waals surface area contributed by atoms with Gasteiger partial charge in [0.15, 0.2) is 0 Å². The number of nitrogens with zero attached hydrogens (tertiary/aromatic N) is 3. The summed E-state index contributed by atoms with van der Waals surface area (Å²) >= 11 is 0. The smallest absolute Gasteiger partial charge is 0.241 e. The highest BCUT2D eigenvalue weighted by Gasteiger charge is 2.17. The van der Waals surface area contributed by atoms with Gasteiger partial charge in [0.25, 0.3) is 0 Å². The Morgan fingerprint density at radius 3 is 2.55 bits per heavy atom. The topological polar surface area (TPSA) is 56.3 Å². The van der Waals surface area contributed by atoms with E-state index >= 15 is 0 Å². The molecular weight excluding hydrogens is 252 g/mol. The zero-order valence-corrected chi connectivity index (χ0v) is 12.7. The quantitative estimate of drug-likeness (QED) is 0.931. The van der Waals surface area contributed by atoms with Crippen LogP contribution in [0.25, 0.3) is 0 Å². The minimum Gasteiger partial charge on any atom is -0.437 e. The van der Waals surface area contributed by atoms with Crippen LogP contribution in [0.5, 0.6) is 11.6 Å². The van der Waals surface area contributed by atoms with E-state index in [1.54, 1.807) is 4.68 Å². The summed E-state index contributed by atoms with van der Waals surface area (Å²) in [4.78, 5) is 2.03. The molecule has 0 saturated carbocycles. The lowest BCUT2D eigenvalue weighted by Crippen LogP contribution is -2.08. The SMILES string of the molecule is CC(C)c1nn(C)c(Oc2cccc(N(C)C)c2)c1N. The van der Waals surface area contributed by atoms with Crippen molar-refractivity contribution in [1.82, 2.24) is 9.78 Å². The number of benzene rings is 1. The van der Waals surface area contributed by atoms with Gasteiger partial charge in [-0.05, 0) is 18.1 Å². The fourth-order valence-electron chi connectivity index (χ4n) is 2.03. The second-order valence-corrected chi connectivity index (χ2v) is 5.38. The van der Waals surface area contributed by atoms with Gasteiger partial charge in [-0.15, -0.1) is 0 Å². The molecule has 0 amide bonds. The van der Waals surface area contributed by atoms with Gasteiger partial charge in [-0.1, -0.05) is 19.9 Å². The predicted molar refractivity (Wildman–Crippen MR) is 82.6 cm³/mol. The number of hydrogen-bond acceptors (Lipinski definition) is 4. The van der Waals surface area contributed by atoms with Crippen molar-refractivity contribution in [2.24, 2.45) is 7.05 Å². The summed E-state index contributed by atoms with van der Waals surface area (Å²) in [7, 11) is 5.83. The Morgan fingerprint density at radius 1 is 1.30 bits per heavy atom. The highest BCUT2D eigenvalue weighted by Crippen LogP contribution is 2.33. The number of aromatic nitrogens is 2. The zero-order valence-electron chi connectivity index (χ0n) is 12.7. The molecule has 2 N–H and O–H groups in total. The normalized spacial score (nSPS) is 10.9. The second kappa shape index (κ2) is 5.45. The van der Waals surface area contributed by atoms with E-state index in [0.29, 0.717) is 11.6 Å². The van der Waals surface area contributed by atoms with Crippen LogP contribution in [0.1, 0.15) is 25.5 Å². The van der Waals surface area contributed by atoms with E-state index in [1.165, 1.54) is 0 Å². The highest BCUT2D eigenvalue weighted by molar-refractivity contribution is 5.57. The lowest BCUT2D eigenvalue weighted by molar-refractivity contribution is 0.432. The Kier molecular flexibility index (Phi) is 3.88.